The molecule has 24 heavy (non-hydrogen) atoms. The third kappa shape index (κ3) is 4.90. The van der Waals surface area contributed by atoms with Crippen molar-refractivity contribution < 1.29 is 9.47 Å². The summed E-state index contributed by atoms with van der Waals surface area (Å²) in [5, 5.41) is 0.784. The molecule has 0 amide bonds. The molecule has 2 aromatic rings. The normalized spacial score (nSPS) is 18.5. The third-order valence-corrected chi connectivity index (χ3v) is 5.47. The number of benzene rings is 2. The van der Waals surface area contributed by atoms with Crippen molar-refractivity contribution in [3.63, 3.8) is 0 Å². The van der Waals surface area contributed by atoms with Gasteiger partial charge in [0.1, 0.15) is 5.75 Å². The van der Waals surface area contributed by atoms with Gasteiger partial charge in [0.25, 0.3) is 0 Å². The summed E-state index contributed by atoms with van der Waals surface area (Å²) in [5.41, 5.74) is 1.29. The van der Waals surface area contributed by atoms with Gasteiger partial charge in [-0.3, -0.25) is 4.90 Å². The van der Waals surface area contributed by atoms with Crippen LogP contribution in [0.4, 0.5) is 0 Å². The van der Waals surface area contributed by atoms with Crippen molar-refractivity contribution in [3.05, 3.63) is 59.1 Å². The predicted octanol–water partition coefficient (Wildman–Crippen LogP) is 4.34. The van der Waals surface area contributed by atoms with E-state index < -0.39 is 0 Å². The van der Waals surface area contributed by atoms with E-state index in [1.54, 1.807) is 18.9 Å². The first-order valence-electron chi connectivity index (χ1n) is 8.09. The second-order valence-electron chi connectivity index (χ2n) is 5.82. The standard InChI is InChI=1S/C19H22ClNO2S/c1-22-18-4-2-3-5-19(18)24-14-17-13-21(10-11-23-17)12-15-6-8-16(20)9-7-15/h2-9,17H,10-14H2,1H3. The highest BCUT2D eigenvalue weighted by Crippen LogP contribution is 2.30. The Labute approximate surface area is 152 Å². The monoisotopic (exact) mass is 363 g/mol. The highest BCUT2D eigenvalue weighted by Gasteiger charge is 2.21. The molecule has 0 aliphatic carbocycles. The minimum Gasteiger partial charge on any atom is -0.496 e. The van der Waals surface area contributed by atoms with E-state index in [4.69, 9.17) is 21.1 Å². The summed E-state index contributed by atoms with van der Waals surface area (Å²) in [6.45, 7) is 3.64. The lowest BCUT2D eigenvalue weighted by atomic mass is 10.2. The maximum Gasteiger partial charge on any atom is 0.132 e. The van der Waals surface area contributed by atoms with Crippen LogP contribution in [0.3, 0.4) is 0 Å². The zero-order valence-electron chi connectivity index (χ0n) is 13.8. The quantitative estimate of drug-likeness (QED) is 0.711. The maximum absolute atomic E-state index is 5.96. The van der Waals surface area contributed by atoms with Gasteiger partial charge in [-0.05, 0) is 29.8 Å². The molecule has 0 aromatic heterocycles. The summed E-state index contributed by atoms with van der Waals surface area (Å²) >= 11 is 7.75. The van der Waals surface area contributed by atoms with Crippen molar-refractivity contribution in [3.8, 4) is 5.75 Å². The number of halogens is 1. The Morgan fingerprint density at radius 2 is 2.00 bits per heavy atom. The molecular formula is C19H22ClNO2S. The maximum atomic E-state index is 5.96. The van der Waals surface area contributed by atoms with Crippen molar-refractivity contribution in [2.24, 2.45) is 0 Å². The molecule has 1 heterocycles. The second-order valence-corrected chi connectivity index (χ2v) is 7.31. The fourth-order valence-electron chi connectivity index (χ4n) is 2.79. The molecule has 1 aliphatic heterocycles. The number of morpholine rings is 1. The van der Waals surface area contributed by atoms with Crippen LogP contribution in [-0.4, -0.2) is 43.6 Å². The molecule has 128 valence electrons. The minimum absolute atomic E-state index is 0.237. The van der Waals surface area contributed by atoms with Gasteiger partial charge in [-0.1, -0.05) is 35.9 Å². The van der Waals surface area contributed by atoms with Gasteiger partial charge >= 0.3 is 0 Å². The van der Waals surface area contributed by atoms with Gasteiger partial charge in [0.15, 0.2) is 0 Å². The average Bonchev–Trinajstić information content (AvgIpc) is 2.62. The molecule has 1 aliphatic rings. The Morgan fingerprint density at radius 1 is 1.21 bits per heavy atom. The van der Waals surface area contributed by atoms with Gasteiger partial charge in [0, 0.05) is 35.3 Å². The van der Waals surface area contributed by atoms with Crippen molar-refractivity contribution >= 4 is 23.4 Å². The molecule has 1 saturated heterocycles. The van der Waals surface area contributed by atoms with E-state index in [0.29, 0.717) is 0 Å². The van der Waals surface area contributed by atoms with E-state index in [1.807, 2.05) is 30.3 Å². The second kappa shape index (κ2) is 8.77. The zero-order chi connectivity index (χ0) is 16.8. The van der Waals surface area contributed by atoms with E-state index >= 15 is 0 Å². The van der Waals surface area contributed by atoms with Crippen molar-refractivity contribution in [2.45, 2.75) is 17.5 Å². The van der Waals surface area contributed by atoms with Gasteiger partial charge in [-0.2, -0.15) is 0 Å². The number of thioether (sulfide) groups is 1. The van der Waals surface area contributed by atoms with Crippen molar-refractivity contribution in [1.82, 2.24) is 4.90 Å². The number of hydrogen-bond acceptors (Lipinski definition) is 4. The van der Waals surface area contributed by atoms with Crippen LogP contribution in [0.25, 0.3) is 0 Å². The van der Waals surface area contributed by atoms with Gasteiger partial charge < -0.3 is 9.47 Å². The van der Waals surface area contributed by atoms with Gasteiger partial charge in [0.05, 0.1) is 19.8 Å². The van der Waals surface area contributed by atoms with Crippen LogP contribution in [0.5, 0.6) is 5.75 Å². The van der Waals surface area contributed by atoms with Crippen LogP contribution >= 0.6 is 23.4 Å². The molecule has 1 fully saturated rings. The SMILES string of the molecule is COc1ccccc1SCC1CN(Cc2ccc(Cl)cc2)CCO1. The summed E-state index contributed by atoms with van der Waals surface area (Å²) in [6, 6.07) is 16.2. The van der Waals surface area contributed by atoms with Crippen LogP contribution < -0.4 is 4.74 Å². The fraction of sp³-hybridized carbons (Fsp3) is 0.368. The highest BCUT2D eigenvalue weighted by atomic mass is 35.5. The molecule has 0 bridgehead atoms. The van der Waals surface area contributed by atoms with Crippen LogP contribution in [0.2, 0.25) is 5.02 Å². The molecule has 1 unspecified atom stereocenters. The smallest absolute Gasteiger partial charge is 0.132 e. The molecule has 1 atom stereocenters. The summed E-state index contributed by atoms with van der Waals surface area (Å²) in [4.78, 5) is 3.61. The van der Waals surface area contributed by atoms with Gasteiger partial charge in [-0.25, -0.2) is 0 Å². The molecule has 0 saturated carbocycles. The Kier molecular flexibility index (Phi) is 6.44. The van der Waals surface area contributed by atoms with Crippen molar-refractivity contribution in [1.29, 1.82) is 0 Å². The topological polar surface area (TPSA) is 21.7 Å². The van der Waals surface area contributed by atoms with Crippen LogP contribution in [0.1, 0.15) is 5.56 Å². The molecule has 3 rings (SSSR count). The number of nitrogens with zero attached hydrogens (tertiary/aromatic N) is 1. The molecular weight excluding hydrogens is 342 g/mol. The molecule has 5 heteroatoms. The minimum atomic E-state index is 0.237. The van der Waals surface area contributed by atoms with Gasteiger partial charge in [-0.15, -0.1) is 11.8 Å². The highest BCUT2D eigenvalue weighted by molar-refractivity contribution is 7.99. The summed E-state index contributed by atoms with van der Waals surface area (Å²) in [6.07, 6.45) is 0.237. The van der Waals surface area contributed by atoms with Gasteiger partial charge in [0.2, 0.25) is 0 Å². The van der Waals surface area contributed by atoms with E-state index in [1.165, 1.54) is 10.5 Å². The van der Waals surface area contributed by atoms with E-state index in [9.17, 15) is 0 Å². The number of para-hydroxylation sites is 1. The Bertz CT molecular complexity index is 650. The van der Waals surface area contributed by atoms with E-state index in [-0.39, 0.29) is 6.10 Å². The molecule has 0 spiro atoms. The lowest BCUT2D eigenvalue weighted by Crippen LogP contribution is -2.43. The zero-order valence-corrected chi connectivity index (χ0v) is 15.4. The summed E-state index contributed by atoms with van der Waals surface area (Å²) in [5.74, 6) is 1.86. The molecule has 0 N–H and O–H groups in total. The van der Waals surface area contributed by atoms with Crippen molar-refractivity contribution in [2.75, 3.05) is 32.6 Å². The Balaban J connectivity index is 1.52. The Morgan fingerprint density at radius 3 is 2.79 bits per heavy atom. The number of rotatable bonds is 6. The van der Waals surface area contributed by atoms with Crippen LogP contribution in [0, 0.1) is 0 Å². The van der Waals surface area contributed by atoms with Crippen LogP contribution in [0.15, 0.2) is 53.4 Å². The van der Waals surface area contributed by atoms with E-state index in [0.717, 1.165) is 42.8 Å². The lowest BCUT2D eigenvalue weighted by molar-refractivity contribution is -0.0187. The van der Waals surface area contributed by atoms with Crippen LogP contribution in [-0.2, 0) is 11.3 Å². The largest absolute Gasteiger partial charge is 0.496 e. The van der Waals surface area contributed by atoms with E-state index in [2.05, 4.69) is 23.1 Å². The third-order valence-electron chi connectivity index (χ3n) is 4.04. The Hall–Kier alpha value is -1.20. The number of methoxy groups -OCH3 is 1. The number of ether oxygens (including phenoxy) is 2. The molecule has 0 radical (unpaired) electrons. The first-order chi connectivity index (χ1) is 11.7. The first kappa shape index (κ1) is 17.6. The molecule has 3 nitrogen and oxygen atoms in total. The number of hydrogen-bond donors (Lipinski definition) is 0. The average molecular weight is 364 g/mol. The first-order valence-corrected chi connectivity index (χ1v) is 9.45. The molecule has 2 aromatic carbocycles. The predicted molar refractivity (Wildman–Crippen MR) is 100 cm³/mol. The summed E-state index contributed by atoms with van der Waals surface area (Å²) < 4.78 is 11.3. The fourth-order valence-corrected chi connectivity index (χ4v) is 3.96. The summed E-state index contributed by atoms with van der Waals surface area (Å²) in [7, 11) is 1.71. The lowest BCUT2D eigenvalue weighted by Gasteiger charge is -2.33.